The molecule has 2 aliphatic heterocycles. The lowest BCUT2D eigenvalue weighted by atomic mass is 9.91. The summed E-state index contributed by atoms with van der Waals surface area (Å²) < 4.78 is 27.5. The van der Waals surface area contributed by atoms with Crippen LogP contribution in [0.4, 0.5) is 14.5 Å². The maximum atomic E-state index is 13.8. The van der Waals surface area contributed by atoms with E-state index in [-0.39, 0.29) is 37.2 Å². The molecule has 1 saturated heterocycles. The number of fused-ring (bicyclic) bond motifs is 1. The number of hydrogen-bond donors (Lipinski definition) is 2. The molecule has 0 unspecified atom stereocenters. The summed E-state index contributed by atoms with van der Waals surface area (Å²) in [6, 6.07) is 16.5. The summed E-state index contributed by atoms with van der Waals surface area (Å²) in [5.74, 6) is -3.46. The zero-order valence-electron chi connectivity index (χ0n) is 19.1. The fourth-order valence-electron chi connectivity index (χ4n) is 4.64. The second-order valence-electron chi connectivity index (χ2n) is 9.12. The molecule has 0 aliphatic carbocycles. The minimum atomic E-state index is -2.92. The van der Waals surface area contributed by atoms with Crippen LogP contribution in [0.2, 0.25) is 0 Å². The van der Waals surface area contributed by atoms with Crippen LogP contribution in [0, 0.1) is 0 Å². The second-order valence-corrected chi connectivity index (χ2v) is 9.12. The zero-order valence-corrected chi connectivity index (χ0v) is 19.1. The molecule has 0 bridgehead atoms. The molecule has 2 aliphatic rings. The molecule has 180 valence electrons. The number of benzene rings is 2. The molecule has 1 fully saturated rings. The van der Waals surface area contributed by atoms with Gasteiger partial charge in [0.2, 0.25) is 11.8 Å². The first-order chi connectivity index (χ1) is 16.2. The number of halogens is 2. The van der Waals surface area contributed by atoms with Gasteiger partial charge >= 0.3 is 0 Å². The molecule has 4 rings (SSSR count). The fraction of sp³-hybridized carbons (Fsp3) is 0.385. The van der Waals surface area contributed by atoms with Gasteiger partial charge in [-0.3, -0.25) is 9.59 Å². The second kappa shape index (κ2) is 9.93. The summed E-state index contributed by atoms with van der Waals surface area (Å²) in [6.45, 7) is 3.89. The molecule has 2 aromatic rings. The van der Waals surface area contributed by atoms with Gasteiger partial charge in [-0.1, -0.05) is 49.0 Å². The molecule has 0 radical (unpaired) electrons. The van der Waals surface area contributed by atoms with E-state index in [1.165, 1.54) is 0 Å². The normalized spacial score (nSPS) is 20.4. The molecule has 0 saturated carbocycles. The number of amides is 2. The van der Waals surface area contributed by atoms with Crippen molar-refractivity contribution in [3.8, 4) is 0 Å². The van der Waals surface area contributed by atoms with Crippen molar-refractivity contribution < 1.29 is 18.4 Å². The first kappa shape index (κ1) is 23.9. The van der Waals surface area contributed by atoms with Gasteiger partial charge in [-0.15, -0.1) is 0 Å². The van der Waals surface area contributed by atoms with Crippen LogP contribution in [-0.2, 0) is 22.6 Å². The van der Waals surface area contributed by atoms with Crippen molar-refractivity contribution in [2.45, 2.75) is 50.2 Å². The van der Waals surface area contributed by atoms with Crippen molar-refractivity contribution in [1.29, 1.82) is 0 Å². The van der Waals surface area contributed by atoms with E-state index < -0.39 is 24.9 Å². The van der Waals surface area contributed by atoms with Gasteiger partial charge in [-0.2, -0.15) is 0 Å². The van der Waals surface area contributed by atoms with Gasteiger partial charge in [0, 0.05) is 49.8 Å². The number of nitrogens with one attached hydrogen (secondary N) is 1. The average Bonchev–Trinajstić information content (AvgIpc) is 2.81. The molecule has 3 N–H and O–H groups in total. The standard InChI is InChI=1S/C26H30F2N4O2/c1-18(30-22-9-3-2-4-10-22)23-13-19-7-5-6-8-20(19)15-32(23)25(34)14-21(29)16-31-17-26(27,28)12-11-24(31)33/h2-10,21,23,30H,1,11-17,29H2/t21-,23-/m0/s1. The lowest BCUT2D eigenvalue weighted by Crippen LogP contribution is -2.52. The number of rotatable bonds is 7. The predicted molar refractivity (Wildman–Crippen MR) is 127 cm³/mol. The zero-order chi connectivity index (χ0) is 24.3. The number of anilines is 1. The first-order valence-electron chi connectivity index (χ1n) is 11.5. The fourth-order valence-corrected chi connectivity index (χ4v) is 4.64. The Hall–Kier alpha value is -3.26. The van der Waals surface area contributed by atoms with Gasteiger partial charge in [-0.05, 0) is 29.7 Å². The Kier molecular flexibility index (Phi) is 6.97. The van der Waals surface area contributed by atoms with E-state index in [1.807, 2.05) is 54.6 Å². The molecule has 2 amide bonds. The van der Waals surface area contributed by atoms with Crippen LogP contribution >= 0.6 is 0 Å². The Balaban J connectivity index is 1.47. The van der Waals surface area contributed by atoms with Gasteiger partial charge in [0.15, 0.2) is 0 Å². The highest BCUT2D eigenvalue weighted by Gasteiger charge is 2.40. The largest absolute Gasteiger partial charge is 0.358 e. The van der Waals surface area contributed by atoms with E-state index >= 15 is 0 Å². The monoisotopic (exact) mass is 468 g/mol. The number of para-hydroxylation sites is 1. The van der Waals surface area contributed by atoms with Gasteiger partial charge in [-0.25, -0.2) is 8.78 Å². The Bertz CT molecular complexity index is 1060. The topological polar surface area (TPSA) is 78.7 Å². The maximum Gasteiger partial charge on any atom is 0.265 e. The van der Waals surface area contributed by atoms with E-state index in [2.05, 4.69) is 11.9 Å². The number of likely N-dealkylation sites (tertiary alicyclic amines) is 1. The summed E-state index contributed by atoms with van der Waals surface area (Å²) >= 11 is 0. The molecule has 2 atom stereocenters. The van der Waals surface area contributed by atoms with E-state index in [4.69, 9.17) is 5.73 Å². The quantitative estimate of drug-likeness (QED) is 0.652. The number of hydrogen-bond acceptors (Lipinski definition) is 4. The Morgan fingerprint density at radius 3 is 2.56 bits per heavy atom. The van der Waals surface area contributed by atoms with Gasteiger partial charge in [0.05, 0.1) is 12.6 Å². The maximum absolute atomic E-state index is 13.8. The predicted octanol–water partition coefficient (Wildman–Crippen LogP) is 3.54. The van der Waals surface area contributed by atoms with E-state index in [9.17, 15) is 18.4 Å². The third-order valence-corrected chi connectivity index (χ3v) is 6.42. The molecule has 8 heteroatoms. The molecule has 0 spiro atoms. The molecule has 6 nitrogen and oxygen atoms in total. The van der Waals surface area contributed by atoms with E-state index in [0.717, 1.165) is 21.7 Å². The first-order valence-corrected chi connectivity index (χ1v) is 11.5. The summed E-state index contributed by atoms with van der Waals surface area (Å²) in [5, 5.41) is 3.31. The minimum absolute atomic E-state index is 0.0490. The highest BCUT2D eigenvalue weighted by molar-refractivity contribution is 5.79. The van der Waals surface area contributed by atoms with Gasteiger partial charge < -0.3 is 20.9 Å². The van der Waals surface area contributed by atoms with Crippen molar-refractivity contribution in [2.75, 3.05) is 18.4 Å². The number of nitrogens with two attached hydrogens (primary N) is 1. The lowest BCUT2D eigenvalue weighted by Gasteiger charge is -2.39. The van der Waals surface area contributed by atoms with Crippen LogP contribution in [0.5, 0.6) is 0 Å². The Labute approximate surface area is 198 Å². The smallest absolute Gasteiger partial charge is 0.265 e. The summed E-state index contributed by atoms with van der Waals surface area (Å²) in [7, 11) is 0. The highest BCUT2D eigenvalue weighted by atomic mass is 19.3. The molecular formula is C26H30F2N4O2. The summed E-state index contributed by atoms with van der Waals surface area (Å²) in [6.07, 6.45) is -0.0924. The Morgan fingerprint density at radius 2 is 1.82 bits per heavy atom. The molecule has 34 heavy (non-hydrogen) atoms. The van der Waals surface area contributed by atoms with Crippen LogP contribution < -0.4 is 11.1 Å². The third kappa shape index (κ3) is 5.62. The number of carbonyl (C=O) groups is 2. The Morgan fingerprint density at radius 1 is 1.15 bits per heavy atom. The van der Waals surface area contributed by atoms with Gasteiger partial charge in [0.25, 0.3) is 5.92 Å². The summed E-state index contributed by atoms with van der Waals surface area (Å²) in [4.78, 5) is 28.3. The van der Waals surface area contributed by atoms with Crippen molar-refractivity contribution >= 4 is 17.5 Å². The molecular weight excluding hydrogens is 438 g/mol. The number of piperidine rings is 1. The number of nitrogens with zero attached hydrogens (tertiary/aromatic N) is 2. The van der Waals surface area contributed by atoms with Crippen LogP contribution in [0.25, 0.3) is 0 Å². The van der Waals surface area contributed by atoms with Crippen molar-refractivity contribution in [1.82, 2.24) is 9.80 Å². The summed E-state index contributed by atoms with van der Waals surface area (Å²) in [5.41, 5.74) is 9.95. The molecule has 0 aromatic heterocycles. The SMILES string of the molecule is C=C(Nc1ccccc1)[C@@H]1Cc2ccccc2CN1C(=O)C[C@H](N)CN1CC(F)(F)CCC1=O. The van der Waals surface area contributed by atoms with E-state index in [0.29, 0.717) is 18.7 Å². The van der Waals surface area contributed by atoms with Crippen molar-refractivity contribution in [3.05, 3.63) is 78.0 Å². The number of carbonyl (C=O) groups excluding carboxylic acids is 2. The molecule has 2 aromatic carbocycles. The lowest BCUT2D eigenvalue weighted by molar-refractivity contribution is -0.148. The number of alkyl halides is 2. The minimum Gasteiger partial charge on any atom is -0.358 e. The van der Waals surface area contributed by atoms with Crippen LogP contribution in [0.3, 0.4) is 0 Å². The molecule has 2 heterocycles. The van der Waals surface area contributed by atoms with Crippen LogP contribution in [0.15, 0.2) is 66.9 Å². The van der Waals surface area contributed by atoms with Crippen molar-refractivity contribution in [2.24, 2.45) is 5.73 Å². The average molecular weight is 469 g/mol. The van der Waals surface area contributed by atoms with Crippen LogP contribution in [0.1, 0.15) is 30.4 Å². The van der Waals surface area contributed by atoms with Gasteiger partial charge in [0.1, 0.15) is 0 Å². The van der Waals surface area contributed by atoms with E-state index in [1.54, 1.807) is 4.90 Å². The highest BCUT2D eigenvalue weighted by Crippen LogP contribution is 2.29. The third-order valence-electron chi connectivity index (χ3n) is 6.42. The van der Waals surface area contributed by atoms with Crippen LogP contribution in [-0.4, -0.2) is 52.7 Å². The van der Waals surface area contributed by atoms with Crippen molar-refractivity contribution in [3.63, 3.8) is 0 Å².